The average molecular weight is 406 g/mol. The van der Waals surface area contributed by atoms with Crippen LogP contribution < -0.4 is 10.6 Å². The van der Waals surface area contributed by atoms with E-state index in [2.05, 4.69) is 56.9 Å². The highest BCUT2D eigenvalue weighted by Crippen LogP contribution is 2.19. The molecule has 1 fully saturated rings. The van der Waals surface area contributed by atoms with Crippen molar-refractivity contribution >= 4 is 28.6 Å². The molecule has 2 aromatic heterocycles. The van der Waals surface area contributed by atoms with Crippen LogP contribution in [0, 0.1) is 12.8 Å². The van der Waals surface area contributed by atoms with Crippen molar-refractivity contribution in [2.75, 3.05) is 26.7 Å². The maximum absolute atomic E-state index is 4.59. The van der Waals surface area contributed by atoms with E-state index in [1.807, 2.05) is 18.4 Å². The van der Waals surface area contributed by atoms with Crippen LogP contribution in [0.1, 0.15) is 40.2 Å². The lowest BCUT2D eigenvalue weighted by Crippen LogP contribution is -2.42. The highest BCUT2D eigenvalue weighted by molar-refractivity contribution is 7.12. The first kappa shape index (κ1) is 20.3. The normalized spacial score (nSPS) is 16.6. The second-order valence-electron chi connectivity index (χ2n) is 7.11. The summed E-state index contributed by atoms with van der Waals surface area (Å²) >= 11 is 3.62. The van der Waals surface area contributed by atoms with Gasteiger partial charge in [0.2, 0.25) is 0 Å². The number of guanidine groups is 1. The number of piperidine rings is 1. The van der Waals surface area contributed by atoms with E-state index in [1.165, 1.54) is 28.3 Å². The van der Waals surface area contributed by atoms with Crippen LogP contribution >= 0.6 is 22.7 Å². The number of thiazole rings is 1. The lowest BCUT2D eigenvalue weighted by atomic mass is 9.97. The molecule has 2 aromatic rings. The van der Waals surface area contributed by atoms with Gasteiger partial charge in [0.05, 0.1) is 17.2 Å². The van der Waals surface area contributed by atoms with Gasteiger partial charge in [0.25, 0.3) is 0 Å². The Bertz CT molecular complexity index is 728. The number of thiophene rings is 1. The Balaban J connectivity index is 1.35. The number of aliphatic imine (C=N–C) groups is 1. The summed E-state index contributed by atoms with van der Waals surface area (Å²) in [5.74, 6) is 1.62. The summed E-state index contributed by atoms with van der Waals surface area (Å²) in [6.07, 6.45) is 3.58. The minimum atomic E-state index is 0.713. The molecule has 0 radical (unpaired) electrons. The molecule has 2 N–H and O–H groups in total. The van der Waals surface area contributed by atoms with Crippen molar-refractivity contribution in [2.24, 2.45) is 10.9 Å². The first-order valence-corrected chi connectivity index (χ1v) is 11.5. The lowest BCUT2D eigenvalue weighted by molar-refractivity contribution is 0.176. The SMILES string of the molecule is CCc1ccc(CNC(=NC)NCC2CCN(Cc3csc(C)n3)CC2)s1. The fourth-order valence-electron chi connectivity index (χ4n) is 3.40. The van der Waals surface area contributed by atoms with Crippen molar-refractivity contribution < 1.29 is 0 Å². The van der Waals surface area contributed by atoms with Gasteiger partial charge in [0, 0.05) is 35.3 Å². The molecule has 0 amide bonds. The lowest BCUT2D eigenvalue weighted by Gasteiger charge is -2.31. The molecule has 0 unspecified atom stereocenters. The number of aromatic nitrogens is 1. The number of nitrogens with zero attached hydrogens (tertiary/aromatic N) is 3. The molecular formula is C20H31N5S2. The first-order chi connectivity index (χ1) is 13.2. The number of hydrogen-bond acceptors (Lipinski definition) is 5. The average Bonchev–Trinajstić information content (AvgIpc) is 3.32. The Hall–Kier alpha value is -1.44. The third kappa shape index (κ3) is 6.30. The highest BCUT2D eigenvalue weighted by atomic mass is 32.1. The molecule has 3 rings (SSSR count). The molecular weight excluding hydrogens is 374 g/mol. The quantitative estimate of drug-likeness (QED) is 0.545. The van der Waals surface area contributed by atoms with Crippen LogP contribution in [0.15, 0.2) is 22.5 Å². The molecule has 27 heavy (non-hydrogen) atoms. The third-order valence-corrected chi connectivity index (χ3v) is 7.09. The van der Waals surface area contributed by atoms with Gasteiger partial charge in [-0.1, -0.05) is 6.92 Å². The van der Waals surface area contributed by atoms with Crippen molar-refractivity contribution in [2.45, 2.75) is 46.2 Å². The van der Waals surface area contributed by atoms with E-state index in [0.717, 1.165) is 50.1 Å². The zero-order chi connectivity index (χ0) is 19.1. The van der Waals surface area contributed by atoms with Gasteiger partial charge in [-0.3, -0.25) is 9.89 Å². The minimum Gasteiger partial charge on any atom is -0.356 e. The fraction of sp³-hybridized carbons (Fsp3) is 0.600. The van der Waals surface area contributed by atoms with Crippen LogP contribution in [-0.4, -0.2) is 42.5 Å². The Kier molecular flexibility index (Phi) is 7.67. The number of aryl methyl sites for hydroxylation is 2. The molecule has 7 heteroatoms. The number of nitrogens with one attached hydrogen (secondary N) is 2. The largest absolute Gasteiger partial charge is 0.356 e. The van der Waals surface area contributed by atoms with Gasteiger partial charge < -0.3 is 10.6 Å². The Labute approximate surface area is 170 Å². The smallest absolute Gasteiger partial charge is 0.191 e. The zero-order valence-electron chi connectivity index (χ0n) is 16.6. The summed E-state index contributed by atoms with van der Waals surface area (Å²) in [5.41, 5.74) is 1.22. The number of rotatable bonds is 7. The van der Waals surface area contributed by atoms with Crippen molar-refractivity contribution in [1.29, 1.82) is 0 Å². The van der Waals surface area contributed by atoms with Crippen molar-refractivity contribution in [3.8, 4) is 0 Å². The van der Waals surface area contributed by atoms with Gasteiger partial charge in [-0.15, -0.1) is 22.7 Å². The fourth-order valence-corrected chi connectivity index (χ4v) is 4.90. The summed E-state index contributed by atoms with van der Waals surface area (Å²) in [4.78, 5) is 14.3. The molecule has 3 heterocycles. The molecule has 0 saturated carbocycles. The summed E-state index contributed by atoms with van der Waals surface area (Å²) in [7, 11) is 1.85. The predicted octanol–water partition coefficient (Wildman–Crippen LogP) is 3.65. The molecule has 1 saturated heterocycles. The van der Waals surface area contributed by atoms with Crippen LogP contribution in [0.5, 0.6) is 0 Å². The summed E-state index contributed by atoms with van der Waals surface area (Å²) < 4.78 is 0. The van der Waals surface area contributed by atoms with Crippen LogP contribution in [0.2, 0.25) is 0 Å². The molecule has 1 aliphatic heterocycles. The highest BCUT2D eigenvalue weighted by Gasteiger charge is 2.20. The standard InChI is InChI=1S/C20H31N5S2/c1-4-18-5-6-19(27-18)12-23-20(21-3)22-11-16-7-9-25(10-8-16)13-17-14-26-15(2)24-17/h5-6,14,16H,4,7-13H2,1-3H3,(H2,21,22,23). The second kappa shape index (κ2) is 10.2. The van der Waals surface area contributed by atoms with Gasteiger partial charge in [-0.25, -0.2) is 4.98 Å². The topological polar surface area (TPSA) is 52.6 Å². The summed E-state index contributed by atoms with van der Waals surface area (Å²) in [5, 5.41) is 10.3. The van der Waals surface area contributed by atoms with E-state index in [0.29, 0.717) is 5.92 Å². The molecule has 0 atom stereocenters. The van der Waals surface area contributed by atoms with Gasteiger partial charge in [-0.05, 0) is 57.3 Å². The van der Waals surface area contributed by atoms with E-state index >= 15 is 0 Å². The van der Waals surface area contributed by atoms with Crippen molar-refractivity contribution in [1.82, 2.24) is 20.5 Å². The number of hydrogen-bond donors (Lipinski definition) is 2. The molecule has 0 spiro atoms. The Morgan fingerprint density at radius 2 is 2.04 bits per heavy atom. The van der Waals surface area contributed by atoms with Crippen LogP contribution in [0.3, 0.4) is 0 Å². The molecule has 1 aliphatic rings. The second-order valence-corrected chi connectivity index (χ2v) is 9.42. The molecule has 0 bridgehead atoms. The molecule has 0 aliphatic carbocycles. The van der Waals surface area contributed by atoms with Gasteiger partial charge >= 0.3 is 0 Å². The van der Waals surface area contributed by atoms with Crippen LogP contribution in [0.4, 0.5) is 0 Å². The Morgan fingerprint density at radius 1 is 1.26 bits per heavy atom. The molecule has 0 aromatic carbocycles. The number of likely N-dealkylation sites (tertiary alicyclic amines) is 1. The van der Waals surface area contributed by atoms with E-state index in [-0.39, 0.29) is 0 Å². The maximum Gasteiger partial charge on any atom is 0.191 e. The zero-order valence-corrected chi connectivity index (χ0v) is 18.3. The van der Waals surface area contributed by atoms with Crippen molar-refractivity contribution in [3.63, 3.8) is 0 Å². The third-order valence-electron chi connectivity index (χ3n) is 5.04. The van der Waals surface area contributed by atoms with Gasteiger partial charge in [0.1, 0.15) is 0 Å². The van der Waals surface area contributed by atoms with E-state index < -0.39 is 0 Å². The monoisotopic (exact) mass is 405 g/mol. The van der Waals surface area contributed by atoms with Crippen LogP contribution in [-0.2, 0) is 19.5 Å². The van der Waals surface area contributed by atoms with Gasteiger partial charge in [0.15, 0.2) is 5.96 Å². The van der Waals surface area contributed by atoms with Crippen LogP contribution in [0.25, 0.3) is 0 Å². The van der Waals surface area contributed by atoms with E-state index in [9.17, 15) is 0 Å². The minimum absolute atomic E-state index is 0.713. The van der Waals surface area contributed by atoms with Gasteiger partial charge in [-0.2, -0.15) is 0 Å². The molecule has 148 valence electrons. The first-order valence-electron chi connectivity index (χ1n) is 9.81. The van der Waals surface area contributed by atoms with E-state index in [1.54, 1.807) is 11.3 Å². The summed E-state index contributed by atoms with van der Waals surface area (Å²) in [6, 6.07) is 4.43. The Morgan fingerprint density at radius 3 is 2.67 bits per heavy atom. The maximum atomic E-state index is 4.59. The van der Waals surface area contributed by atoms with Crippen molar-refractivity contribution in [3.05, 3.63) is 38.0 Å². The summed E-state index contributed by atoms with van der Waals surface area (Å²) in [6.45, 7) is 9.42. The van der Waals surface area contributed by atoms with E-state index in [4.69, 9.17) is 0 Å². The molecule has 5 nitrogen and oxygen atoms in total. The predicted molar refractivity (Wildman–Crippen MR) is 117 cm³/mol.